The predicted molar refractivity (Wildman–Crippen MR) is 142 cm³/mol. The lowest BCUT2D eigenvalue weighted by atomic mass is 10.1. The minimum atomic E-state index is -0.291. The molecular weight excluding hydrogens is 452 g/mol. The van der Waals surface area contributed by atoms with Crippen LogP contribution in [0.15, 0.2) is 127 Å². The van der Waals surface area contributed by atoms with Crippen LogP contribution in [0.5, 0.6) is 0 Å². The molecule has 0 saturated carbocycles. The van der Waals surface area contributed by atoms with E-state index in [0.29, 0.717) is 16.7 Å². The summed E-state index contributed by atoms with van der Waals surface area (Å²) in [6.45, 7) is 1.56. The lowest BCUT2D eigenvalue weighted by Gasteiger charge is -1.99. The van der Waals surface area contributed by atoms with E-state index in [1.807, 2.05) is 60.7 Å². The predicted octanol–water partition coefficient (Wildman–Crippen LogP) is 6.83. The number of ketones is 2. The Hall–Kier alpha value is -4.77. The highest BCUT2D eigenvalue weighted by Gasteiger charge is 2.05. The van der Waals surface area contributed by atoms with E-state index in [9.17, 15) is 19.5 Å². The molecule has 4 aromatic rings. The zero-order valence-corrected chi connectivity index (χ0v) is 20.2. The topological polar surface area (TPSA) is 80.7 Å². The molecule has 0 aromatic heterocycles. The lowest BCUT2D eigenvalue weighted by molar-refractivity contribution is 0.0600. The quantitative estimate of drug-likeness (QED) is 0.147. The second-order valence-corrected chi connectivity index (χ2v) is 7.41. The molecule has 0 aliphatic heterocycles. The molecule has 182 valence electrons. The highest BCUT2D eigenvalue weighted by molar-refractivity contribution is 6.07. The smallest absolute Gasteiger partial charge is 0.337 e. The van der Waals surface area contributed by atoms with Gasteiger partial charge in [-0.2, -0.15) is 0 Å². The van der Waals surface area contributed by atoms with E-state index in [-0.39, 0.29) is 23.3 Å². The first-order valence-corrected chi connectivity index (χ1v) is 11.2. The van der Waals surface area contributed by atoms with Gasteiger partial charge in [-0.3, -0.25) is 9.59 Å². The van der Waals surface area contributed by atoms with Gasteiger partial charge in [0, 0.05) is 22.8 Å². The van der Waals surface area contributed by atoms with Gasteiger partial charge in [-0.15, -0.1) is 0 Å². The average molecular weight is 481 g/mol. The molecule has 0 bridgehead atoms. The van der Waals surface area contributed by atoms with Gasteiger partial charge in [0.25, 0.3) is 0 Å². The minimum Gasteiger partial charge on any atom is -0.507 e. The zero-order valence-electron chi connectivity index (χ0n) is 20.2. The second kappa shape index (κ2) is 15.2. The van der Waals surface area contributed by atoms with Crippen molar-refractivity contribution >= 4 is 23.3 Å². The minimum absolute atomic E-state index is 0.0144. The maximum absolute atomic E-state index is 11.8. The van der Waals surface area contributed by atoms with Gasteiger partial charge in [0.15, 0.2) is 11.6 Å². The first kappa shape index (κ1) is 27.5. The number of hydrogen-bond donors (Lipinski definition) is 1. The number of aliphatic hydroxyl groups is 1. The van der Waals surface area contributed by atoms with Gasteiger partial charge >= 0.3 is 5.97 Å². The van der Waals surface area contributed by atoms with E-state index in [0.717, 1.165) is 5.56 Å². The van der Waals surface area contributed by atoms with Crippen LogP contribution in [0.25, 0.3) is 5.76 Å². The van der Waals surface area contributed by atoms with E-state index >= 15 is 0 Å². The molecule has 0 aliphatic carbocycles. The Morgan fingerprint density at radius 2 is 0.944 bits per heavy atom. The Balaban J connectivity index is 0.000000205. The van der Waals surface area contributed by atoms with E-state index in [1.54, 1.807) is 67.6 Å². The van der Waals surface area contributed by atoms with Crippen molar-refractivity contribution in [1.82, 2.24) is 0 Å². The zero-order chi connectivity index (χ0) is 26.2. The number of esters is 1. The van der Waals surface area contributed by atoms with Crippen LogP contribution in [0.2, 0.25) is 0 Å². The summed E-state index contributed by atoms with van der Waals surface area (Å²) in [4.78, 5) is 33.2. The van der Waals surface area contributed by atoms with Crippen LogP contribution < -0.4 is 0 Å². The standard InChI is InChI=1S/C15H12O2.C8H8O2.C8H8O/c16-14(12-7-3-1-4-8-12)11-15(17)13-9-5-2-6-10-13;1-10-8(9)7-5-3-2-4-6-7;1-7(9)8-5-3-2-4-6-8/h1-11,16H;2-6H,1H3;2-6H,1H3/b14-11-;;. The largest absolute Gasteiger partial charge is 0.507 e. The van der Waals surface area contributed by atoms with E-state index in [2.05, 4.69) is 4.74 Å². The van der Waals surface area contributed by atoms with Gasteiger partial charge in [-0.1, -0.05) is 109 Å². The molecule has 4 aromatic carbocycles. The molecule has 1 N–H and O–H groups in total. The molecule has 0 saturated heterocycles. The second-order valence-electron chi connectivity index (χ2n) is 7.41. The number of allylic oxidation sites excluding steroid dienone is 1. The van der Waals surface area contributed by atoms with Gasteiger partial charge < -0.3 is 9.84 Å². The Labute approximate surface area is 211 Å². The number of aliphatic hydroxyl groups excluding tert-OH is 1. The summed E-state index contributed by atoms with van der Waals surface area (Å²) in [6.07, 6.45) is 1.24. The van der Waals surface area contributed by atoms with Crippen LogP contribution in [-0.4, -0.2) is 29.8 Å². The van der Waals surface area contributed by atoms with Crippen molar-refractivity contribution in [3.63, 3.8) is 0 Å². The van der Waals surface area contributed by atoms with Gasteiger partial charge in [-0.25, -0.2) is 4.79 Å². The number of rotatable bonds is 5. The molecule has 4 rings (SSSR count). The first-order valence-electron chi connectivity index (χ1n) is 11.2. The van der Waals surface area contributed by atoms with Crippen LogP contribution >= 0.6 is 0 Å². The van der Waals surface area contributed by atoms with Crippen molar-refractivity contribution in [3.8, 4) is 0 Å². The Kier molecular flexibility index (Phi) is 11.6. The Morgan fingerprint density at radius 3 is 1.31 bits per heavy atom. The number of methoxy groups -OCH3 is 1. The van der Waals surface area contributed by atoms with Gasteiger partial charge in [-0.05, 0) is 19.1 Å². The normalized spacial score (nSPS) is 10.0. The van der Waals surface area contributed by atoms with Crippen LogP contribution in [-0.2, 0) is 4.74 Å². The number of carbonyl (C=O) groups is 3. The summed E-state index contributed by atoms with van der Waals surface area (Å²) < 4.78 is 4.50. The Bertz CT molecular complexity index is 1250. The maximum Gasteiger partial charge on any atom is 0.337 e. The number of Topliss-reactive ketones (excluding diaryl/α,β-unsaturated/α-hetero) is 1. The molecule has 0 radical (unpaired) electrons. The Morgan fingerprint density at radius 1 is 0.583 bits per heavy atom. The third kappa shape index (κ3) is 9.61. The molecule has 0 heterocycles. The number of carbonyl (C=O) groups excluding carboxylic acids is 3. The van der Waals surface area contributed by atoms with Crippen molar-refractivity contribution in [2.45, 2.75) is 6.92 Å². The van der Waals surface area contributed by atoms with Crippen molar-refractivity contribution < 1.29 is 24.2 Å². The van der Waals surface area contributed by atoms with Crippen molar-refractivity contribution in [1.29, 1.82) is 0 Å². The summed E-state index contributed by atoms with van der Waals surface area (Å²) in [6, 6.07) is 36.0. The molecule has 0 fully saturated rings. The lowest BCUT2D eigenvalue weighted by Crippen LogP contribution is -1.99. The third-order valence-electron chi connectivity index (χ3n) is 4.77. The highest BCUT2D eigenvalue weighted by atomic mass is 16.5. The van der Waals surface area contributed by atoms with Gasteiger partial charge in [0.2, 0.25) is 0 Å². The molecular formula is C31H28O5. The van der Waals surface area contributed by atoms with Gasteiger partial charge in [0.1, 0.15) is 5.76 Å². The maximum atomic E-state index is 11.8. The first-order chi connectivity index (χ1) is 17.4. The molecule has 0 amide bonds. The van der Waals surface area contributed by atoms with Crippen molar-refractivity contribution in [2.75, 3.05) is 7.11 Å². The number of ether oxygens (including phenoxy) is 1. The summed E-state index contributed by atoms with van der Waals surface area (Å²) in [5, 5.41) is 9.79. The monoisotopic (exact) mass is 480 g/mol. The van der Waals surface area contributed by atoms with E-state index in [1.165, 1.54) is 13.2 Å². The SMILES string of the molecule is CC(=O)c1ccccc1.COC(=O)c1ccccc1.O=C(/C=C(\O)c1ccccc1)c1ccccc1. The van der Waals surface area contributed by atoms with Crippen LogP contribution in [0, 0.1) is 0 Å². The van der Waals surface area contributed by atoms with Crippen LogP contribution in [0.1, 0.15) is 43.6 Å². The average Bonchev–Trinajstić information content (AvgIpc) is 2.95. The molecule has 5 nitrogen and oxygen atoms in total. The fraction of sp³-hybridized carbons (Fsp3) is 0.0645. The highest BCUT2D eigenvalue weighted by Crippen LogP contribution is 2.12. The molecule has 0 spiro atoms. The van der Waals surface area contributed by atoms with Crippen LogP contribution in [0.3, 0.4) is 0 Å². The summed E-state index contributed by atoms with van der Waals surface area (Å²) in [7, 11) is 1.37. The molecule has 0 aliphatic rings. The number of hydrogen-bond acceptors (Lipinski definition) is 5. The molecule has 0 atom stereocenters. The van der Waals surface area contributed by atoms with Gasteiger partial charge in [0.05, 0.1) is 12.7 Å². The van der Waals surface area contributed by atoms with Crippen molar-refractivity contribution in [2.24, 2.45) is 0 Å². The number of benzene rings is 4. The summed E-state index contributed by atoms with van der Waals surface area (Å²) in [5.41, 5.74) is 2.56. The summed E-state index contributed by atoms with van der Waals surface area (Å²) >= 11 is 0. The molecule has 0 unspecified atom stereocenters. The fourth-order valence-corrected chi connectivity index (χ4v) is 2.87. The van der Waals surface area contributed by atoms with Crippen molar-refractivity contribution in [3.05, 3.63) is 150 Å². The molecule has 36 heavy (non-hydrogen) atoms. The summed E-state index contributed by atoms with van der Waals surface area (Å²) in [5.74, 6) is -0.386. The molecule has 5 heteroatoms. The fourth-order valence-electron chi connectivity index (χ4n) is 2.87. The third-order valence-corrected chi connectivity index (χ3v) is 4.77. The van der Waals surface area contributed by atoms with E-state index < -0.39 is 0 Å². The van der Waals surface area contributed by atoms with Crippen LogP contribution in [0.4, 0.5) is 0 Å². The van der Waals surface area contributed by atoms with E-state index in [4.69, 9.17) is 0 Å².